The van der Waals surface area contributed by atoms with Crippen LogP contribution in [-0.2, 0) is 13.5 Å². The van der Waals surface area contributed by atoms with Crippen molar-refractivity contribution >= 4 is 11.6 Å². The quantitative estimate of drug-likeness (QED) is 0.919. The molecular weight excluding hydrogens is 258 g/mol. The van der Waals surface area contributed by atoms with Gasteiger partial charge in [0.1, 0.15) is 5.15 Å². The standard InChI is InChI=1S/C15H26ClN3/c1-4-11-5-7-12(8-6-11)14(17)9-13-10(2)18-19(3)15(13)16/h11-12,14H,4-9,17H2,1-3H3. The zero-order valence-corrected chi connectivity index (χ0v) is 13.1. The molecule has 1 fully saturated rings. The number of nitrogens with zero attached hydrogens (tertiary/aromatic N) is 2. The van der Waals surface area contributed by atoms with Gasteiger partial charge >= 0.3 is 0 Å². The highest BCUT2D eigenvalue weighted by molar-refractivity contribution is 6.30. The summed E-state index contributed by atoms with van der Waals surface area (Å²) in [6, 6.07) is 0.221. The van der Waals surface area contributed by atoms with Gasteiger partial charge in [-0.2, -0.15) is 5.10 Å². The van der Waals surface area contributed by atoms with E-state index in [0.717, 1.165) is 28.7 Å². The normalized spacial score (nSPS) is 25.5. The minimum Gasteiger partial charge on any atom is -0.327 e. The Hall–Kier alpha value is -0.540. The second-order valence-electron chi connectivity index (χ2n) is 6.04. The molecule has 1 aromatic heterocycles. The fourth-order valence-corrected chi connectivity index (χ4v) is 3.58. The highest BCUT2D eigenvalue weighted by atomic mass is 35.5. The molecule has 4 heteroatoms. The van der Waals surface area contributed by atoms with E-state index in [1.54, 1.807) is 4.68 Å². The zero-order valence-electron chi connectivity index (χ0n) is 12.3. The molecule has 0 aliphatic heterocycles. The number of aryl methyl sites for hydroxylation is 2. The first-order valence-corrected chi connectivity index (χ1v) is 7.84. The molecule has 0 saturated heterocycles. The summed E-state index contributed by atoms with van der Waals surface area (Å²) in [5.41, 5.74) is 8.57. The van der Waals surface area contributed by atoms with Gasteiger partial charge in [0.25, 0.3) is 0 Å². The van der Waals surface area contributed by atoms with Crippen molar-refractivity contribution in [1.82, 2.24) is 9.78 Å². The molecular formula is C15H26ClN3. The SMILES string of the molecule is CCC1CCC(C(N)Cc2c(C)nn(C)c2Cl)CC1. The maximum absolute atomic E-state index is 6.42. The summed E-state index contributed by atoms with van der Waals surface area (Å²) >= 11 is 6.29. The van der Waals surface area contributed by atoms with E-state index < -0.39 is 0 Å². The summed E-state index contributed by atoms with van der Waals surface area (Å²) in [7, 11) is 1.89. The summed E-state index contributed by atoms with van der Waals surface area (Å²) in [6.45, 7) is 4.31. The number of nitrogens with two attached hydrogens (primary N) is 1. The molecule has 108 valence electrons. The molecule has 1 heterocycles. The molecule has 3 nitrogen and oxygen atoms in total. The van der Waals surface area contributed by atoms with Crippen LogP contribution in [0.15, 0.2) is 0 Å². The summed E-state index contributed by atoms with van der Waals surface area (Å²) < 4.78 is 1.74. The Balaban J connectivity index is 1.96. The third-order valence-electron chi connectivity index (χ3n) is 4.78. The minimum atomic E-state index is 0.221. The second kappa shape index (κ2) is 6.27. The minimum absolute atomic E-state index is 0.221. The number of halogens is 1. The molecule has 0 bridgehead atoms. The molecule has 1 saturated carbocycles. The van der Waals surface area contributed by atoms with E-state index in [0.29, 0.717) is 5.92 Å². The molecule has 1 aliphatic carbocycles. The molecule has 0 radical (unpaired) electrons. The predicted octanol–water partition coefficient (Wildman–Crippen LogP) is 3.47. The molecule has 19 heavy (non-hydrogen) atoms. The summed E-state index contributed by atoms with van der Waals surface area (Å²) in [6.07, 6.45) is 7.41. The Morgan fingerprint density at radius 1 is 1.37 bits per heavy atom. The van der Waals surface area contributed by atoms with Crippen molar-refractivity contribution < 1.29 is 0 Å². The number of hydrogen-bond acceptors (Lipinski definition) is 2. The van der Waals surface area contributed by atoms with Gasteiger partial charge in [0.15, 0.2) is 0 Å². The lowest BCUT2D eigenvalue weighted by Gasteiger charge is -2.31. The lowest BCUT2D eigenvalue weighted by atomic mass is 9.76. The molecule has 1 aromatic rings. The van der Waals surface area contributed by atoms with E-state index in [1.165, 1.54) is 32.1 Å². The first kappa shape index (κ1) is 14.9. The van der Waals surface area contributed by atoms with Crippen LogP contribution in [0.4, 0.5) is 0 Å². The van der Waals surface area contributed by atoms with Gasteiger partial charge in [-0.25, -0.2) is 0 Å². The van der Waals surface area contributed by atoms with Gasteiger partial charge in [0, 0.05) is 18.7 Å². The van der Waals surface area contributed by atoms with Crippen LogP contribution in [0, 0.1) is 18.8 Å². The largest absolute Gasteiger partial charge is 0.327 e. The molecule has 1 atom stereocenters. The van der Waals surface area contributed by atoms with Crippen LogP contribution >= 0.6 is 11.6 Å². The van der Waals surface area contributed by atoms with Gasteiger partial charge in [0.05, 0.1) is 5.69 Å². The van der Waals surface area contributed by atoms with Gasteiger partial charge in [-0.05, 0) is 38.0 Å². The van der Waals surface area contributed by atoms with Crippen LogP contribution in [0.25, 0.3) is 0 Å². The maximum Gasteiger partial charge on any atom is 0.130 e. The van der Waals surface area contributed by atoms with Crippen LogP contribution in [-0.4, -0.2) is 15.8 Å². The van der Waals surface area contributed by atoms with Crippen LogP contribution in [0.1, 0.15) is 50.3 Å². The van der Waals surface area contributed by atoms with E-state index in [-0.39, 0.29) is 6.04 Å². The fourth-order valence-electron chi connectivity index (χ4n) is 3.33. The van der Waals surface area contributed by atoms with Crippen molar-refractivity contribution in [3.63, 3.8) is 0 Å². The highest BCUT2D eigenvalue weighted by Gasteiger charge is 2.26. The Kier molecular flexibility index (Phi) is 4.91. The molecule has 1 unspecified atom stereocenters. The first-order chi connectivity index (χ1) is 9.02. The number of aromatic nitrogens is 2. The third-order valence-corrected chi connectivity index (χ3v) is 5.26. The van der Waals surface area contributed by atoms with Crippen LogP contribution in [0.5, 0.6) is 0 Å². The molecule has 0 spiro atoms. The van der Waals surface area contributed by atoms with E-state index >= 15 is 0 Å². The average Bonchev–Trinajstić information content (AvgIpc) is 2.65. The lowest BCUT2D eigenvalue weighted by Crippen LogP contribution is -2.35. The Bertz CT molecular complexity index is 419. The zero-order chi connectivity index (χ0) is 14.0. The van der Waals surface area contributed by atoms with Crippen LogP contribution in [0.3, 0.4) is 0 Å². The van der Waals surface area contributed by atoms with Crippen molar-refractivity contribution in [2.24, 2.45) is 24.6 Å². The van der Waals surface area contributed by atoms with Gasteiger partial charge < -0.3 is 5.73 Å². The van der Waals surface area contributed by atoms with Crippen LogP contribution in [0.2, 0.25) is 5.15 Å². The van der Waals surface area contributed by atoms with Gasteiger partial charge in [-0.3, -0.25) is 4.68 Å². The first-order valence-electron chi connectivity index (χ1n) is 7.46. The van der Waals surface area contributed by atoms with Crippen LogP contribution < -0.4 is 5.73 Å². The molecule has 0 aromatic carbocycles. The number of rotatable bonds is 4. The lowest BCUT2D eigenvalue weighted by molar-refractivity contribution is 0.238. The van der Waals surface area contributed by atoms with E-state index in [2.05, 4.69) is 12.0 Å². The topological polar surface area (TPSA) is 43.8 Å². The van der Waals surface area contributed by atoms with E-state index in [9.17, 15) is 0 Å². The average molecular weight is 284 g/mol. The summed E-state index contributed by atoms with van der Waals surface area (Å²) in [5.74, 6) is 1.57. The predicted molar refractivity (Wildman–Crippen MR) is 80.4 cm³/mol. The summed E-state index contributed by atoms with van der Waals surface area (Å²) in [5, 5.41) is 5.11. The van der Waals surface area contributed by atoms with Gasteiger partial charge in [-0.1, -0.05) is 37.8 Å². The molecule has 0 amide bonds. The Morgan fingerprint density at radius 2 is 2.00 bits per heavy atom. The molecule has 2 rings (SSSR count). The summed E-state index contributed by atoms with van der Waals surface area (Å²) in [4.78, 5) is 0. The van der Waals surface area contributed by atoms with Crippen molar-refractivity contribution in [2.45, 2.75) is 58.4 Å². The van der Waals surface area contributed by atoms with E-state index in [1.807, 2.05) is 14.0 Å². The van der Waals surface area contributed by atoms with Crippen molar-refractivity contribution in [1.29, 1.82) is 0 Å². The smallest absolute Gasteiger partial charge is 0.130 e. The Morgan fingerprint density at radius 3 is 2.47 bits per heavy atom. The highest BCUT2D eigenvalue weighted by Crippen LogP contribution is 2.33. The molecule has 1 aliphatic rings. The Labute approximate surface area is 121 Å². The second-order valence-corrected chi connectivity index (χ2v) is 6.39. The van der Waals surface area contributed by atoms with Crippen molar-refractivity contribution in [3.8, 4) is 0 Å². The van der Waals surface area contributed by atoms with Gasteiger partial charge in [-0.15, -0.1) is 0 Å². The molecule has 2 N–H and O–H groups in total. The van der Waals surface area contributed by atoms with Crippen molar-refractivity contribution in [3.05, 3.63) is 16.4 Å². The maximum atomic E-state index is 6.42. The monoisotopic (exact) mass is 283 g/mol. The van der Waals surface area contributed by atoms with Crippen molar-refractivity contribution in [2.75, 3.05) is 0 Å². The van der Waals surface area contributed by atoms with Gasteiger partial charge in [0.2, 0.25) is 0 Å². The fraction of sp³-hybridized carbons (Fsp3) is 0.800. The van der Waals surface area contributed by atoms with E-state index in [4.69, 9.17) is 17.3 Å². The third kappa shape index (κ3) is 3.32. The number of hydrogen-bond donors (Lipinski definition) is 1.